The summed E-state index contributed by atoms with van der Waals surface area (Å²) in [5.41, 5.74) is 1.87. The third-order valence-electron chi connectivity index (χ3n) is 2.85. The van der Waals surface area contributed by atoms with Gasteiger partial charge in [0, 0.05) is 25.0 Å². The van der Waals surface area contributed by atoms with E-state index in [1.807, 2.05) is 18.2 Å². The van der Waals surface area contributed by atoms with E-state index < -0.39 is 0 Å². The summed E-state index contributed by atoms with van der Waals surface area (Å²) in [6.07, 6.45) is 3.38. The minimum absolute atomic E-state index is 0.273. The zero-order chi connectivity index (χ0) is 14.4. The van der Waals surface area contributed by atoms with Crippen molar-refractivity contribution in [2.24, 2.45) is 0 Å². The van der Waals surface area contributed by atoms with Gasteiger partial charge in [0.2, 0.25) is 0 Å². The molecule has 3 nitrogen and oxygen atoms in total. The molecule has 2 rings (SSSR count). The Morgan fingerprint density at radius 3 is 2.55 bits per heavy atom. The molecule has 0 bridgehead atoms. The average Bonchev–Trinajstić information content (AvgIpc) is 2.45. The second kappa shape index (κ2) is 7.01. The van der Waals surface area contributed by atoms with Crippen molar-refractivity contribution in [2.45, 2.75) is 33.0 Å². The molecule has 1 N–H and O–H groups in total. The summed E-state index contributed by atoms with van der Waals surface area (Å²) in [7, 11) is 0. The first-order chi connectivity index (χ1) is 9.65. The number of nitrogens with zero attached hydrogens (tertiary/aromatic N) is 1. The van der Waals surface area contributed by atoms with Crippen LogP contribution >= 0.6 is 0 Å². The van der Waals surface area contributed by atoms with Gasteiger partial charge in [-0.2, -0.15) is 0 Å². The molecule has 0 atom stereocenters. The van der Waals surface area contributed by atoms with E-state index in [1.165, 1.54) is 6.07 Å². The summed E-state index contributed by atoms with van der Waals surface area (Å²) in [5.74, 6) is -0.0581. The molecule has 0 aliphatic rings. The number of pyridine rings is 1. The van der Waals surface area contributed by atoms with Gasteiger partial charge in [-0.1, -0.05) is 19.9 Å². The first-order valence-corrected chi connectivity index (χ1v) is 6.68. The Labute approximate surface area is 118 Å². The summed E-state index contributed by atoms with van der Waals surface area (Å²) in [5, 5.41) is 3.25. The van der Waals surface area contributed by atoms with Crippen LogP contribution in [0.3, 0.4) is 0 Å². The van der Waals surface area contributed by atoms with Gasteiger partial charge >= 0.3 is 0 Å². The Morgan fingerprint density at radius 1 is 1.15 bits per heavy atom. The number of nitrogens with one attached hydrogen (secondary N) is 1. The van der Waals surface area contributed by atoms with E-state index in [0.717, 1.165) is 11.1 Å². The van der Waals surface area contributed by atoms with Gasteiger partial charge in [-0.15, -0.1) is 0 Å². The van der Waals surface area contributed by atoms with Gasteiger partial charge in [0.1, 0.15) is 6.61 Å². The van der Waals surface area contributed by atoms with E-state index in [2.05, 4.69) is 24.1 Å². The number of ether oxygens (including phenoxy) is 1. The molecular weight excluding hydrogens is 255 g/mol. The SMILES string of the molecule is CC(C)NCc1ccc(OCc2ccncc2)c(F)c1. The normalized spacial score (nSPS) is 10.8. The maximum absolute atomic E-state index is 13.9. The van der Waals surface area contributed by atoms with Crippen LogP contribution in [0.4, 0.5) is 4.39 Å². The molecule has 0 saturated carbocycles. The van der Waals surface area contributed by atoms with Crippen LogP contribution in [-0.4, -0.2) is 11.0 Å². The molecule has 1 heterocycles. The number of rotatable bonds is 6. The van der Waals surface area contributed by atoms with E-state index in [9.17, 15) is 4.39 Å². The highest BCUT2D eigenvalue weighted by atomic mass is 19.1. The molecule has 2 aromatic rings. The third-order valence-corrected chi connectivity index (χ3v) is 2.85. The smallest absolute Gasteiger partial charge is 0.165 e. The lowest BCUT2D eigenvalue weighted by Crippen LogP contribution is -2.21. The minimum Gasteiger partial charge on any atom is -0.486 e. The molecule has 0 aliphatic heterocycles. The molecule has 0 saturated heterocycles. The van der Waals surface area contributed by atoms with Gasteiger partial charge in [0.25, 0.3) is 0 Å². The van der Waals surface area contributed by atoms with Crippen LogP contribution < -0.4 is 10.1 Å². The van der Waals surface area contributed by atoms with Crippen LogP contribution in [0.15, 0.2) is 42.7 Å². The standard InChI is InChI=1S/C16H19FN2O/c1-12(2)19-10-14-3-4-16(15(17)9-14)20-11-13-5-7-18-8-6-13/h3-9,12,19H,10-11H2,1-2H3. The highest BCUT2D eigenvalue weighted by Crippen LogP contribution is 2.19. The molecule has 20 heavy (non-hydrogen) atoms. The highest BCUT2D eigenvalue weighted by molar-refractivity contribution is 5.29. The monoisotopic (exact) mass is 274 g/mol. The fourth-order valence-corrected chi connectivity index (χ4v) is 1.73. The second-order valence-electron chi connectivity index (χ2n) is 4.94. The van der Waals surface area contributed by atoms with E-state index in [4.69, 9.17) is 4.74 Å². The third kappa shape index (κ3) is 4.31. The van der Waals surface area contributed by atoms with Gasteiger partial charge in [-0.25, -0.2) is 4.39 Å². The fraction of sp³-hybridized carbons (Fsp3) is 0.312. The first kappa shape index (κ1) is 14.5. The Bertz CT molecular complexity index is 543. The van der Waals surface area contributed by atoms with Crippen molar-refractivity contribution in [1.82, 2.24) is 10.3 Å². The van der Waals surface area contributed by atoms with Crippen molar-refractivity contribution in [3.63, 3.8) is 0 Å². The zero-order valence-corrected chi connectivity index (χ0v) is 11.8. The lowest BCUT2D eigenvalue weighted by atomic mass is 10.2. The Hall–Kier alpha value is -1.94. The van der Waals surface area contributed by atoms with Gasteiger partial charge in [0.15, 0.2) is 11.6 Å². The zero-order valence-electron chi connectivity index (χ0n) is 11.8. The molecule has 0 fully saturated rings. The molecule has 0 aliphatic carbocycles. The maximum atomic E-state index is 13.9. The van der Waals surface area contributed by atoms with Crippen molar-refractivity contribution < 1.29 is 9.13 Å². The van der Waals surface area contributed by atoms with E-state index in [-0.39, 0.29) is 11.6 Å². The topological polar surface area (TPSA) is 34.1 Å². The second-order valence-corrected chi connectivity index (χ2v) is 4.94. The quantitative estimate of drug-likeness (QED) is 0.877. The first-order valence-electron chi connectivity index (χ1n) is 6.68. The number of hydrogen-bond donors (Lipinski definition) is 1. The predicted octanol–water partition coefficient (Wildman–Crippen LogP) is 3.30. The van der Waals surface area contributed by atoms with Crippen molar-refractivity contribution >= 4 is 0 Å². The number of aromatic nitrogens is 1. The van der Waals surface area contributed by atoms with Crippen molar-refractivity contribution in [1.29, 1.82) is 0 Å². The van der Waals surface area contributed by atoms with Crippen LogP contribution in [0.2, 0.25) is 0 Å². The molecule has 1 aromatic carbocycles. The molecular formula is C16H19FN2O. The van der Waals surface area contributed by atoms with Gasteiger partial charge < -0.3 is 10.1 Å². The summed E-state index contributed by atoms with van der Waals surface area (Å²) in [6.45, 7) is 5.10. The summed E-state index contributed by atoms with van der Waals surface area (Å²) >= 11 is 0. The van der Waals surface area contributed by atoms with Crippen LogP contribution in [0, 0.1) is 5.82 Å². The lowest BCUT2D eigenvalue weighted by molar-refractivity contribution is 0.290. The van der Waals surface area contributed by atoms with Crippen LogP contribution in [0.5, 0.6) is 5.75 Å². The predicted molar refractivity (Wildman–Crippen MR) is 76.9 cm³/mol. The summed E-state index contributed by atoms with van der Waals surface area (Å²) < 4.78 is 19.4. The van der Waals surface area contributed by atoms with E-state index >= 15 is 0 Å². The molecule has 0 unspecified atom stereocenters. The molecule has 0 radical (unpaired) electrons. The summed E-state index contributed by atoms with van der Waals surface area (Å²) in [4.78, 5) is 3.93. The highest BCUT2D eigenvalue weighted by Gasteiger charge is 2.05. The van der Waals surface area contributed by atoms with Gasteiger partial charge in [-0.05, 0) is 35.4 Å². The number of halogens is 1. The van der Waals surface area contributed by atoms with E-state index in [0.29, 0.717) is 19.2 Å². The van der Waals surface area contributed by atoms with Crippen molar-refractivity contribution in [2.75, 3.05) is 0 Å². The minimum atomic E-state index is -0.331. The largest absolute Gasteiger partial charge is 0.486 e. The Kier molecular flexibility index (Phi) is 5.07. The number of benzene rings is 1. The molecule has 1 aromatic heterocycles. The Morgan fingerprint density at radius 2 is 1.90 bits per heavy atom. The van der Waals surface area contributed by atoms with E-state index in [1.54, 1.807) is 18.5 Å². The van der Waals surface area contributed by atoms with Crippen molar-refractivity contribution in [3.05, 3.63) is 59.7 Å². The maximum Gasteiger partial charge on any atom is 0.165 e. The fourth-order valence-electron chi connectivity index (χ4n) is 1.73. The average molecular weight is 274 g/mol. The van der Waals surface area contributed by atoms with Gasteiger partial charge in [0.05, 0.1) is 0 Å². The van der Waals surface area contributed by atoms with Gasteiger partial charge in [-0.3, -0.25) is 4.98 Å². The Balaban J connectivity index is 1.95. The van der Waals surface area contributed by atoms with Crippen LogP contribution in [0.1, 0.15) is 25.0 Å². The molecule has 0 amide bonds. The molecule has 0 spiro atoms. The molecule has 4 heteroatoms. The molecule has 106 valence electrons. The number of hydrogen-bond acceptors (Lipinski definition) is 3. The lowest BCUT2D eigenvalue weighted by Gasteiger charge is -2.11. The van der Waals surface area contributed by atoms with Crippen LogP contribution in [0.25, 0.3) is 0 Å². The van der Waals surface area contributed by atoms with Crippen LogP contribution in [-0.2, 0) is 13.2 Å². The summed E-state index contributed by atoms with van der Waals surface area (Å²) in [6, 6.07) is 9.13. The van der Waals surface area contributed by atoms with Crippen molar-refractivity contribution in [3.8, 4) is 5.75 Å².